The van der Waals surface area contributed by atoms with Crippen molar-refractivity contribution in [2.24, 2.45) is 0 Å². The molecule has 4 nitrogen and oxygen atoms in total. The lowest BCUT2D eigenvalue weighted by molar-refractivity contribution is 0.115. The first-order chi connectivity index (χ1) is 11.3. The van der Waals surface area contributed by atoms with Gasteiger partial charge in [-0.15, -0.1) is 0 Å². The van der Waals surface area contributed by atoms with Crippen LogP contribution in [0.3, 0.4) is 0 Å². The van der Waals surface area contributed by atoms with Crippen LogP contribution in [0.5, 0.6) is 0 Å². The predicted octanol–water partition coefficient (Wildman–Crippen LogP) is 3.60. The Labute approximate surface area is 138 Å². The fourth-order valence-electron chi connectivity index (χ4n) is 2.43. The zero-order chi connectivity index (χ0) is 16.1. The van der Waals surface area contributed by atoms with Crippen molar-refractivity contribution in [3.05, 3.63) is 83.9 Å². The fraction of sp³-hybridized carbons (Fsp3) is 0.167. The smallest absolute Gasteiger partial charge is 0.422 e. The number of carbonyl (C=O) groups is 1. The molecule has 2 unspecified atom stereocenters. The van der Waals surface area contributed by atoms with Gasteiger partial charge in [-0.3, -0.25) is 0 Å². The normalized spacial score (nSPS) is 20.3. The largest absolute Gasteiger partial charge is 0.444 e. The Bertz CT molecular complexity index is 716. The van der Waals surface area contributed by atoms with E-state index in [1.54, 1.807) is 0 Å². The lowest BCUT2D eigenvalue weighted by Crippen LogP contribution is -2.39. The standard InChI is InChI=1S/C18H17NO3S/c20-18(22-14-15-8-3-1-4-9-15)19-17(12-7-13-23(19)21)16-10-5-2-6-11-16/h1-12,17H,13-14H2. The maximum absolute atomic E-state index is 12.4. The van der Waals surface area contributed by atoms with Gasteiger partial charge in [-0.1, -0.05) is 72.8 Å². The molecule has 0 radical (unpaired) electrons. The Morgan fingerprint density at radius 1 is 1.09 bits per heavy atom. The second-order valence-corrected chi connectivity index (χ2v) is 6.51. The summed E-state index contributed by atoms with van der Waals surface area (Å²) in [6.07, 6.45) is 3.17. The van der Waals surface area contributed by atoms with E-state index in [0.717, 1.165) is 11.1 Å². The van der Waals surface area contributed by atoms with Gasteiger partial charge in [-0.05, 0) is 11.1 Å². The van der Waals surface area contributed by atoms with Gasteiger partial charge in [-0.2, -0.15) is 0 Å². The molecule has 2 aromatic rings. The summed E-state index contributed by atoms with van der Waals surface area (Å²) in [5.41, 5.74) is 1.81. The van der Waals surface area contributed by atoms with Crippen LogP contribution in [-0.4, -0.2) is 20.4 Å². The van der Waals surface area contributed by atoms with Crippen LogP contribution in [0.4, 0.5) is 4.79 Å². The summed E-state index contributed by atoms with van der Waals surface area (Å²) in [4.78, 5) is 12.4. The van der Waals surface area contributed by atoms with Gasteiger partial charge in [-0.25, -0.2) is 13.3 Å². The Morgan fingerprint density at radius 2 is 1.74 bits per heavy atom. The van der Waals surface area contributed by atoms with E-state index in [0.29, 0.717) is 5.75 Å². The highest BCUT2D eigenvalue weighted by Gasteiger charge is 2.31. The first-order valence-corrected chi connectivity index (χ1v) is 8.63. The molecule has 5 heteroatoms. The molecular formula is C18H17NO3S. The van der Waals surface area contributed by atoms with Gasteiger partial charge in [0.05, 0.1) is 11.8 Å². The highest BCUT2D eigenvalue weighted by molar-refractivity contribution is 7.83. The van der Waals surface area contributed by atoms with Gasteiger partial charge in [0.1, 0.15) is 17.6 Å². The van der Waals surface area contributed by atoms with Gasteiger partial charge in [0.15, 0.2) is 0 Å². The molecule has 1 aliphatic heterocycles. The monoisotopic (exact) mass is 327 g/mol. The summed E-state index contributed by atoms with van der Waals surface area (Å²) in [7, 11) is -1.42. The topological polar surface area (TPSA) is 46.6 Å². The predicted molar refractivity (Wildman–Crippen MR) is 89.8 cm³/mol. The number of hydrogen-bond donors (Lipinski definition) is 0. The second-order valence-electron chi connectivity index (χ2n) is 5.14. The van der Waals surface area contributed by atoms with Crippen LogP contribution in [0.1, 0.15) is 17.2 Å². The van der Waals surface area contributed by atoms with Gasteiger partial charge in [0.25, 0.3) is 0 Å². The molecule has 23 heavy (non-hydrogen) atoms. The molecule has 2 atom stereocenters. The molecule has 1 aliphatic rings. The summed E-state index contributed by atoms with van der Waals surface area (Å²) in [5.74, 6) is 0.323. The lowest BCUT2D eigenvalue weighted by Gasteiger charge is -2.30. The summed E-state index contributed by atoms with van der Waals surface area (Å²) >= 11 is 0. The molecule has 0 N–H and O–H groups in total. The van der Waals surface area contributed by atoms with Gasteiger partial charge < -0.3 is 4.74 Å². The zero-order valence-electron chi connectivity index (χ0n) is 12.5. The number of carbonyl (C=O) groups excluding carboxylic acids is 1. The minimum absolute atomic E-state index is 0.165. The number of rotatable bonds is 3. The quantitative estimate of drug-likeness (QED) is 0.809. The van der Waals surface area contributed by atoms with Crippen molar-refractivity contribution in [3.8, 4) is 0 Å². The van der Waals surface area contributed by atoms with Crippen molar-refractivity contribution >= 4 is 17.1 Å². The molecule has 0 aliphatic carbocycles. The highest BCUT2D eigenvalue weighted by atomic mass is 32.2. The van der Waals surface area contributed by atoms with E-state index in [9.17, 15) is 9.00 Å². The third-order valence-corrected chi connectivity index (χ3v) is 4.85. The van der Waals surface area contributed by atoms with E-state index in [4.69, 9.17) is 4.74 Å². The molecule has 0 saturated heterocycles. The van der Waals surface area contributed by atoms with E-state index in [1.807, 2.05) is 72.8 Å². The fourth-order valence-corrected chi connectivity index (χ4v) is 3.53. The molecule has 2 aromatic carbocycles. The average molecular weight is 327 g/mol. The van der Waals surface area contributed by atoms with Crippen molar-refractivity contribution < 1.29 is 13.7 Å². The third-order valence-electron chi connectivity index (χ3n) is 3.56. The summed E-state index contributed by atoms with van der Waals surface area (Å²) in [6, 6.07) is 18.6. The molecule has 0 aromatic heterocycles. The Balaban J connectivity index is 1.76. The minimum Gasteiger partial charge on any atom is -0.444 e. The molecule has 0 spiro atoms. The Kier molecular flexibility index (Phi) is 4.88. The molecule has 0 fully saturated rings. The second kappa shape index (κ2) is 7.24. The summed E-state index contributed by atoms with van der Waals surface area (Å²) < 4.78 is 19.0. The van der Waals surface area contributed by atoms with Crippen LogP contribution < -0.4 is 0 Å². The minimum atomic E-state index is -1.42. The summed E-state index contributed by atoms with van der Waals surface area (Å²) in [5, 5.41) is 0. The Hall–Kier alpha value is -2.40. The zero-order valence-corrected chi connectivity index (χ0v) is 13.3. The number of benzene rings is 2. The van der Waals surface area contributed by atoms with E-state index in [-0.39, 0.29) is 12.6 Å². The van der Waals surface area contributed by atoms with Gasteiger partial charge in [0, 0.05) is 0 Å². The van der Waals surface area contributed by atoms with Crippen LogP contribution in [0.2, 0.25) is 0 Å². The summed E-state index contributed by atoms with van der Waals surface area (Å²) in [6.45, 7) is 0.165. The molecule has 1 heterocycles. The lowest BCUT2D eigenvalue weighted by atomic mass is 10.1. The van der Waals surface area contributed by atoms with E-state index < -0.39 is 17.1 Å². The van der Waals surface area contributed by atoms with Crippen LogP contribution in [-0.2, 0) is 22.3 Å². The van der Waals surface area contributed by atoms with Crippen LogP contribution in [0, 0.1) is 0 Å². The molecular weight excluding hydrogens is 310 g/mol. The Morgan fingerprint density at radius 3 is 2.43 bits per heavy atom. The first-order valence-electron chi connectivity index (χ1n) is 7.36. The van der Waals surface area contributed by atoms with Crippen LogP contribution >= 0.6 is 0 Å². The van der Waals surface area contributed by atoms with E-state index in [1.165, 1.54) is 4.31 Å². The van der Waals surface area contributed by atoms with Crippen LogP contribution in [0.15, 0.2) is 72.8 Å². The number of amides is 1. The van der Waals surface area contributed by atoms with Crippen molar-refractivity contribution in [1.29, 1.82) is 0 Å². The van der Waals surface area contributed by atoms with Gasteiger partial charge >= 0.3 is 6.09 Å². The molecule has 0 bridgehead atoms. The van der Waals surface area contributed by atoms with Crippen molar-refractivity contribution in [2.75, 3.05) is 5.75 Å². The van der Waals surface area contributed by atoms with E-state index >= 15 is 0 Å². The number of ether oxygens (including phenoxy) is 1. The van der Waals surface area contributed by atoms with Crippen molar-refractivity contribution in [2.45, 2.75) is 12.6 Å². The molecule has 0 saturated carbocycles. The van der Waals surface area contributed by atoms with E-state index in [2.05, 4.69) is 0 Å². The van der Waals surface area contributed by atoms with Crippen LogP contribution in [0.25, 0.3) is 0 Å². The molecule has 118 valence electrons. The number of nitrogens with zero attached hydrogens (tertiary/aromatic N) is 1. The van der Waals surface area contributed by atoms with Gasteiger partial charge in [0.2, 0.25) is 0 Å². The highest BCUT2D eigenvalue weighted by Crippen LogP contribution is 2.28. The number of hydrogen-bond acceptors (Lipinski definition) is 3. The first kappa shape index (κ1) is 15.5. The molecule has 1 amide bonds. The SMILES string of the molecule is O=C(OCc1ccccc1)N1C(c2ccccc2)C=CCS1=O. The average Bonchev–Trinajstić information content (AvgIpc) is 2.61. The maximum atomic E-state index is 12.4. The molecule has 3 rings (SSSR count). The maximum Gasteiger partial charge on any atom is 0.422 e. The van der Waals surface area contributed by atoms with Crippen molar-refractivity contribution in [1.82, 2.24) is 4.31 Å². The third kappa shape index (κ3) is 3.68. The van der Waals surface area contributed by atoms with Crippen molar-refractivity contribution in [3.63, 3.8) is 0 Å².